The maximum Gasteiger partial charge on any atom is 0.152 e. The van der Waals surface area contributed by atoms with Gasteiger partial charge in [-0.2, -0.15) is 0 Å². The van der Waals surface area contributed by atoms with Gasteiger partial charge in [-0.25, -0.2) is 8.42 Å². The SMILES string of the molecule is CC(C)CNCC(C)(O)CCS(=O)(=O)C(C)C. The van der Waals surface area contributed by atoms with Crippen LogP contribution in [-0.2, 0) is 9.84 Å². The van der Waals surface area contributed by atoms with Gasteiger partial charge in [0.15, 0.2) is 9.84 Å². The molecule has 0 amide bonds. The lowest BCUT2D eigenvalue weighted by molar-refractivity contribution is 0.0560. The standard InChI is InChI=1S/C12H27NO3S/c1-10(2)8-13-9-12(5,14)6-7-17(15,16)11(3)4/h10-11,13-14H,6-9H2,1-5H3. The first kappa shape index (κ1) is 16.9. The van der Waals surface area contributed by atoms with E-state index in [1.54, 1.807) is 20.8 Å². The maximum absolute atomic E-state index is 11.6. The summed E-state index contributed by atoms with van der Waals surface area (Å²) in [6, 6.07) is 0. The summed E-state index contributed by atoms with van der Waals surface area (Å²) >= 11 is 0. The van der Waals surface area contributed by atoms with Gasteiger partial charge in [0.25, 0.3) is 0 Å². The van der Waals surface area contributed by atoms with Crippen LogP contribution in [-0.4, -0.2) is 43.2 Å². The second-order valence-electron chi connectivity index (χ2n) is 5.69. The Morgan fingerprint density at radius 3 is 2.18 bits per heavy atom. The van der Waals surface area contributed by atoms with E-state index in [4.69, 9.17) is 0 Å². The Hall–Kier alpha value is -0.130. The molecule has 0 aliphatic carbocycles. The van der Waals surface area contributed by atoms with Crippen LogP contribution in [0.4, 0.5) is 0 Å². The number of aliphatic hydroxyl groups is 1. The summed E-state index contributed by atoms with van der Waals surface area (Å²) in [5.41, 5.74) is -0.961. The molecule has 17 heavy (non-hydrogen) atoms. The third kappa shape index (κ3) is 7.73. The molecule has 0 aliphatic rings. The Morgan fingerprint density at radius 2 is 1.76 bits per heavy atom. The molecule has 104 valence electrons. The van der Waals surface area contributed by atoms with Crippen molar-refractivity contribution in [3.05, 3.63) is 0 Å². The zero-order valence-electron chi connectivity index (χ0n) is 11.7. The summed E-state index contributed by atoms with van der Waals surface area (Å²) in [5.74, 6) is 0.561. The third-order valence-electron chi connectivity index (χ3n) is 2.70. The summed E-state index contributed by atoms with van der Waals surface area (Å²) in [4.78, 5) is 0. The molecule has 0 aromatic carbocycles. The molecule has 0 radical (unpaired) electrons. The van der Waals surface area contributed by atoms with Crippen molar-refractivity contribution in [1.29, 1.82) is 0 Å². The van der Waals surface area contributed by atoms with E-state index < -0.39 is 15.4 Å². The molecule has 0 bridgehead atoms. The zero-order valence-corrected chi connectivity index (χ0v) is 12.5. The van der Waals surface area contributed by atoms with Gasteiger partial charge in [0.05, 0.1) is 16.6 Å². The highest BCUT2D eigenvalue weighted by Crippen LogP contribution is 2.12. The van der Waals surface area contributed by atoms with Crippen molar-refractivity contribution < 1.29 is 13.5 Å². The van der Waals surface area contributed by atoms with Gasteiger partial charge in [-0.3, -0.25) is 0 Å². The molecule has 0 rings (SSSR count). The zero-order chi connectivity index (χ0) is 13.7. The molecule has 1 atom stereocenters. The minimum atomic E-state index is -3.06. The monoisotopic (exact) mass is 265 g/mol. The van der Waals surface area contributed by atoms with E-state index in [0.717, 1.165) is 6.54 Å². The van der Waals surface area contributed by atoms with Crippen LogP contribution in [0.2, 0.25) is 0 Å². The predicted molar refractivity (Wildman–Crippen MR) is 71.9 cm³/mol. The molecule has 0 heterocycles. The third-order valence-corrected chi connectivity index (χ3v) is 4.91. The Balaban J connectivity index is 4.10. The lowest BCUT2D eigenvalue weighted by atomic mass is 10.0. The second kappa shape index (κ2) is 6.71. The van der Waals surface area contributed by atoms with Crippen molar-refractivity contribution in [1.82, 2.24) is 5.32 Å². The Bertz CT molecular complexity index is 308. The van der Waals surface area contributed by atoms with Gasteiger partial charge in [-0.15, -0.1) is 0 Å². The normalized spacial score (nSPS) is 16.5. The highest BCUT2D eigenvalue weighted by atomic mass is 32.2. The van der Waals surface area contributed by atoms with Crippen LogP contribution in [0, 0.1) is 5.92 Å². The first-order valence-electron chi connectivity index (χ1n) is 6.21. The van der Waals surface area contributed by atoms with Gasteiger partial charge >= 0.3 is 0 Å². The van der Waals surface area contributed by atoms with E-state index in [2.05, 4.69) is 19.2 Å². The fourth-order valence-electron chi connectivity index (χ4n) is 1.32. The van der Waals surface area contributed by atoms with E-state index in [9.17, 15) is 13.5 Å². The quantitative estimate of drug-likeness (QED) is 0.692. The van der Waals surface area contributed by atoms with Crippen LogP contribution < -0.4 is 5.32 Å². The van der Waals surface area contributed by atoms with Crippen molar-refractivity contribution in [2.75, 3.05) is 18.8 Å². The van der Waals surface area contributed by atoms with Crippen LogP contribution >= 0.6 is 0 Å². The topological polar surface area (TPSA) is 66.4 Å². The molecule has 1 unspecified atom stereocenters. The van der Waals surface area contributed by atoms with Crippen LogP contribution in [0.3, 0.4) is 0 Å². The first-order valence-corrected chi connectivity index (χ1v) is 7.93. The van der Waals surface area contributed by atoms with Crippen LogP contribution in [0.1, 0.15) is 41.0 Å². The smallest absolute Gasteiger partial charge is 0.152 e. The maximum atomic E-state index is 11.6. The van der Waals surface area contributed by atoms with Crippen LogP contribution in [0.5, 0.6) is 0 Å². The van der Waals surface area contributed by atoms with E-state index in [1.165, 1.54) is 0 Å². The average molecular weight is 265 g/mol. The number of hydrogen-bond donors (Lipinski definition) is 2. The molecular formula is C12H27NO3S. The Morgan fingerprint density at radius 1 is 1.24 bits per heavy atom. The van der Waals surface area contributed by atoms with Crippen molar-refractivity contribution in [3.8, 4) is 0 Å². The number of hydrogen-bond acceptors (Lipinski definition) is 4. The summed E-state index contributed by atoms with van der Waals surface area (Å²) < 4.78 is 23.3. The Kier molecular flexibility index (Phi) is 6.66. The van der Waals surface area contributed by atoms with E-state index in [0.29, 0.717) is 12.5 Å². The Labute approximate surface area is 106 Å². The first-order chi connectivity index (χ1) is 7.57. The summed E-state index contributed by atoms with van der Waals surface area (Å²) in [6.07, 6.45) is 0.276. The molecule has 2 N–H and O–H groups in total. The molecule has 0 saturated carbocycles. The van der Waals surface area contributed by atoms with Gasteiger partial charge in [0.2, 0.25) is 0 Å². The predicted octanol–water partition coefficient (Wildman–Crippen LogP) is 1.20. The summed E-state index contributed by atoms with van der Waals surface area (Å²) in [5, 5.41) is 12.8. The number of sulfone groups is 1. The molecule has 0 fully saturated rings. The lowest BCUT2D eigenvalue weighted by Gasteiger charge is -2.24. The fraction of sp³-hybridized carbons (Fsp3) is 1.00. The van der Waals surface area contributed by atoms with E-state index >= 15 is 0 Å². The molecule has 0 spiro atoms. The van der Waals surface area contributed by atoms with Crippen molar-refractivity contribution >= 4 is 9.84 Å². The molecule has 0 aromatic heterocycles. The summed E-state index contributed by atoms with van der Waals surface area (Å²) in [7, 11) is -3.06. The van der Waals surface area contributed by atoms with E-state index in [-0.39, 0.29) is 17.4 Å². The van der Waals surface area contributed by atoms with Gasteiger partial charge in [-0.1, -0.05) is 13.8 Å². The minimum Gasteiger partial charge on any atom is -0.389 e. The average Bonchev–Trinajstić information content (AvgIpc) is 2.14. The summed E-state index contributed by atoms with van der Waals surface area (Å²) in [6.45, 7) is 10.4. The largest absolute Gasteiger partial charge is 0.389 e. The second-order valence-corrected chi connectivity index (χ2v) is 8.36. The van der Waals surface area contributed by atoms with E-state index in [1.807, 2.05) is 0 Å². The van der Waals surface area contributed by atoms with Crippen molar-refractivity contribution in [2.45, 2.75) is 51.9 Å². The molecule has 0 saturated heterocycles. The number of nitrogens with one attached hydrogen (secondary N) is 1. The van der Waals surface area contributed by atoms with Crippen molar-refractivity contribution in [2.24, 2.45) is 5.92 Å². The van der Waals surface area contributed by atoms with Crippen LogP contribution in [0.25, 0.3) is 0 Å². The van der Waals surface area contributed by atoms with Crippen molar-refractivity contribution in [3.63, 3.8) is 0 Å². The van der Waals surface area contributed by atoms with Gasteiger partial charge in [0.1, 0.15) is 0 Å². The highest BCUT2D eigenvalue weighted by Gasteiger charge is 2.25. The number of rotatable bonds is 8. The van der Waals surface area contributed by atoms with Gasteiger partial charge in [-0.05, 0) is 39.7 Å². The van der Waals surface area contributed by atoms with Gasteiger partial charge < -0.3 is 10.4 Å². The van der Waals surface area contributed by atoms with Gasteiger partial charge in [0, 0.05) is 6.54 Å². The minimum absolute atomic E-state index is 0.0427. The lowest BCUT2D eigenvalue weighted by Crippen LogP contribution is -2.41. The van der Waals surface area contributed by atoms with Crippen LogP contribution in [0.15, 0.2) is 0 Å². The molecule has 4 nitrogen and oxygen atoms in total. The highest BCUT2D eigenvalue weighted by molar-refractivity contribution is 7.91. The molecular weight excluding hydrogens is 238 g/mol. The molecule has 0 aliphatic heterocycles. The molecule has 5 heteroatoms. The molecule has 0 aromatic rings. The fourth-order valence-corrected chi connectivity index (χ4v) is 2.51.